The summed E-state index contributed by atoms with van der Waals surface area (Å²) in [6.07, 6.45) is 2.31. The summed E-state index contributed by atoms with van der Waals surface area (Å²) in [5.74, 6) is -0.236. The number of amides is 1. The van der Waals surface area contributed by atoms with Crippen LogP contribution in [-0.2, 0) is 14.3 Å². The van der Waals surface area contributed by atoms with Gasteiger partial charge in [-0.25, -0.2) is 0 Å². The van der Waals surface area contributed by atoms with E-state index in [0.717, 1.165) is 6.42 Å². The predicted octanol–water partition coefficient (Wildman–Crippen LogP) is -0.121. The Morgan fingerprint density at radius 1 is 1.56 bits per heavy atom. The molecule has 0 aromatic carbocycles. The van der Waals surface area contributed by atoms with Crippen LogP contribution in [0.2, 0.25) is 0 Å². The van der Waals surface area contributed by atoms with Crippen molar-refractivity contribution in [2.24, 2.45) is 0 Å². The smallest absolute Gasteiger partial charge is 0.266 e. The lowest BCUT2D eigenvalue weighted by Gasteiger charge is -2.26. The van der Waals surface area contributed by atoms with Crippen molar-refractivity contribution in [2.45, 2.75) is 6.42 Å². The highest BCUT2D eigenvalue weighted by atomic mass is 16.5. The minimum absolute atomic E-state index is 0.134. The Bertz CT molecular complexity index is 330. The minimum atomic E-state index is -0.236. The van der Waals surface area contributed by atoms with Crippen molar-refractivity contribution in [2.75, 3.05) is 46.6 Å². The van der Waals surface area contributed by atoms with E-state index >= 15 is 0 Å². The molecule has 0 saturated carbocycles. The van der Waals surface area contributed by atoms with E-state index in [0.29, 0.717) is 39.5 Å². The van der Waals surface area contributed by atoms with Gasteiger partial charge in [-0.05, 0) is 6.42 Å². The zero-order valence-electron chi connectivity index (χ0n) is 10.6. The Hall–Kier alpha value is -1.58. The highest BCUT2D eigenvalue weighted by Gasteiger charge is 2.20. The third kappa shape index (κ3) is 4.73. The summed E-state index contributed by atoms with van der Waals surface area (Å²) in [6, 6.07) is 1.93. The van der Waals surface area contributed by atoms with Crippen LogP contribution in [0, 0.1) is 11.3 Å². The van der Waals surface area contributed by atoms with Crippen molar-refractivity contribution in [1.82, 2.24) is 10.2 Å². The normalized spacial score (nSPS) is 16.2. The van der Waals surface area contributed by atoms with E-state index in [9.17, 15) is 4.79 Å². The van der Waals surface area contributed by atoms with Gasteiger partial charge in [-0.15, -0.1) is 0 Å². The average Bonchev–Trinajstić information content (AvgIpc) is 2.43. The molecule has 0 aromatic rings. The van der Waals surface area contributed by atoms with Gasteiger partial charge >= 0.3 is 0 Å². The quantitative estimate of drug-likeness (QED) is 0.406. The number of ether oxygens (including phenoxy) is 2. The largest absolute Gasteiger partial charge is 0.390 e. The molecule has 100 valence electrons. The number of hydrogen-bond donors (Lipinski definition) is 1. The Balaban J connectivity index is 2.41. The summed E-state index contributed by atoms with van der Waals surface area (Å²) in [7, 11) is 1.64. The lowest BCUT2D eigenvalue weighted by atomic mass is 10.2. The highest BCUT2D eigenvalue weighted by Crippen LogP contribution is 2.03. The van der Waals surface area contributed by atoms with Gasteiger partial charge in [-0.1, -0.05) is 0 Å². The SMILES string of the molecule is COCCCN/C=C(/C#N)C(=O)N1CCOCC1. The number of nitriles is 1. The molecular formula is C12H19N3O3. The molecule has 0 unspecified atom stereocenters. The van der Waals surface area contributed by atoms with E-state index in [-0.39, 0.29) is 11.5 Å². The molecule has 18 heavy (non-hydrogen) atoms. The van der Waals surface area contributed by atoms with E-state index in [1.54, 1.807) is 12.0 Å². The first-order valence-corrected chi connectivity index (χ1v) is 5.99. The van der Waals surface area contributed by atoms with Crippen LogP contribution in [0.3, 0.4) is 0 Å². The van der Waals surface area contributed by atoms with E-state index in [4.69, 9.17) is 14.7 Å². The zero-order valence-corrected chi connectivity index (χ0v) is 10.6. The fraction of sp³-hybridized carbons (Fsp3) is 0.667. The summed E-state index contributed by atoms with van der Waals surface area (Å²) in [4.78, 5) is 13.6. The molecule has 0 aromatic heterocycles. The van der Waals surface area contributed by atoms with Crippen molar-refractivity contribution in [3.63, 3.8) is 0 Å². The van der Waals surface area contributed by atoms with Crippen LogP contribution in [-0.4, -0.2) is 57.4 Å². The van der Waals surface area contributed by atoms with E-state index in [1.165, 1.54) is 6.20 Å². The Morgan fingerprint density at radius 3 is 2.89 bits per heavy atom. The molecule has 0 aliphatic carbocycles. The van der Waals surface area contributed by atoms with Crippen LogP contribution < -0.4 is 5.32 Å². The number of carbonyl (C=O) groups excluding carboxylic acids is 1. The maximum Gasteiger partial charge on any atom is 0.266 e. The van der Waals surface area contributed by atoms with Crippen LogP contribution >= 0.6 is 0 Å². The molecule has 1 heterocycles. The summed E-state index contributed by atoms with van der Waals surface area (Å²) in [5.41, 5.74) is 0.134. The van der Waals surface area contributed by atoms with Gasteiger partial charge in [0.25, 0.3) is 5.91 Å². The van der Waals surface area contributed by atoms with Crippen molar-refractivity contribution in [3.05, 3.63) is 11.8 Å². The van der Waals surface area contributed by atoms with E-state index in [1.807, 2.05) is 6.07 Å². The first-order valence-electron chi connectivity index (χ1n) is 5.99. The molecular weight excluding hydrogens is 234 g/mol. The van der Waals surface area contributed by atoms with Gasteiger partial charge < -0.3 is 19.7 Å². The average molecular weight is 253 g/mol. The summed E-state index contributed by atoms with van der Waals surface area (Å²) >= 11 is 0. The molecule has 0 atom stereocenters. The number of rotatable bonds is 6. The second-order valence-electron chi connectivity index (χ2n) is 3.87. The molecule has 0 bridgehead atoms. The van der Waals surface area contributed by atoms with Gasteiger partial charge in [0.2, 0.25) is 0 Å². The molecule has 1 fully saturated rings. The first kappa shape index (κ1) is 14.5. The molecule has 1 saturated heterocycles. The molecule has 6 heteroatoms. The second-order valence-corrected chi connectivity index (χ2v) is 3.87. The minimum Gasteiger partial charge on any atom is -0.390 e. The zero-order chi connectivity index (χ0) is 13.2. The molecule has 6 nitrogen and oxygen atoms in total. The van der Waals surface area contributed by atoms with Gasteiger partial charge in [0, 0.05) is 39.6 Å². The standard InChI is InChI=1S/C12H19N3O3/c1-17-6-2-3-14-10-11(9-13)12(16)15-4-7-18-8-5-15/h10,14H,2-8H2,1H3/b11-10-. The molecule has 1 aliphatic heterocycles. The molecule has 0 spiro atoms. The molecule has 1 aliphatic rings. The van der Waals surface area contributed by atoms with Crippen LogP contribution in [0.5, 0.6) is 0 Å². The number of carbonyl (C=O) groups is 1. The lowest BCUT2D eigenvalue weighted by molar-refractivity contribution is -0.130. The number of methoxy groups -OCH3 is 1. The fourth-order valence-electron chi connectivity index (χ4n) is 1.57. The molecule has 1 rings (SSSR count). The molecule has 0 radical (unpaired) electrons. The van der Waals surface area contributed by atoms with Gasteiger partial charge in [0.15, 0.2) is 0 Å². The summed E-state index contributed by atoms with van der Waals surface area (Å²) in [6.45, 7) is 3.48. The van der Waals surface area contributed by atoms with Crippen molar-refractivity contribution < 1.29 is 14.3 Å². The van der Waals surface area contributed by atoms with Crippen LogP contribution in [0.25, 0.3) is 0 Å². The fourth-order valence-corrected chi connectivity index (χ4v) is 1.57. The molecule has 1 amide bonds. The van der Waals surface area contributed by atoms with Crippen LogP contribution in [0.4, 0.5) is 0 Å². The second kappa shape index (κ2) is 8.50. The first-order chi connectivity index (χ1) is 8.79. The van der Waals surface area contributed by atoms with Crippen molar-refractivity contribution in [3.8, 4) is 6.07 Å². The Kier molecular flexibility index (Phi) is 6.84. The highest BCUT2D eigenvalue weighted by molar-refractivity contribution is 5.97. The van der Waals surface area contributed by atoms with Crippen LogP contribution in [0.15, 0.2) is 11.8 Å². The lowest BCUT2D eigenvalue weighted by Crippen LogP contribution is -2.41. The van der Waals surface area contributed by atoms with Gasteiger partial charge in [-0.2, -0.15) is 5.26 Å². The number of nitrogens with zero attached hydrogens (tertiary/aromatic N) is 2. The monoisotopic (exact) mass is 253 g/mol. The maximum atomic E-state index is 12.0. The van der Waals surface area contributed by atoms with Gasteiger partial charge in [-0.3, -0.25) is 4.79 Å². The summed E-state index contributed by atoms with van der Waals surface area (Å²) < 4.78 is 10.1. The Labute approximate surface area is 107 Å². The predicted molar refractivity (Wildman–Crippen MR) is 65.6 cm³/mol. The van der Waals surface area contributed by atoms with Crippen molar-refractivity contribution in [1.29, 1.82) is 5.26 Å². The van der Waals surface area contributed by atoms with Crippen LogP contribution in [0.1, 0.15) is 6.42 Å². The number of nitrogens with one attached hydrogen (secondary N) is 1. The van der Waals surface area contributed by atoms with Crippen molar-refractivity contribution >= 4 is 5.91 Å². The third-order valence-corrected chi connectivity index (χ3v) is 2.57. The number of morpholine rings is 1. The number of hydrogen-bond acceptors (Lipinski definition) is 5. The summed E-state index contributed by atoms with van der Waals surface area (Å²) in [5, 5.41) is 11.9. The van der Waals surface area contributed by atoms with Gasteiger partial charge in [0.05, 0.1) is 13.2 Å². The van der Waals surface area contributed by atoms with E-state index < -0.39 is 0 Å². The topological polar surface area (TPSA) is 74.6 Å². The molecule has 1 N–H and O–H groups in total. The van der Waals surface area contributed by atoms with Gasteiger partial charge in [0.1, 0.15) is 11.6 Å². The third-order valence-electron chi connectivity index (χ3n) is 2.57. The maximum absolute atomic E-state index is 12.0. The van der Waals surface area contributed by atoms with E-state index in [2.05, 4.69) is 5.32 Å². The Morgan fingerprint density at radius 2 is 2.28 bits per heavy atom.